The number of ether oxygens (including phenoxy) is 4. The first-order valence-corrected chi connectivity index (χ1v) is 33.3. The van der Waals surface area contributed by atoms with Crippen molar-refractivity contribution >= 4 is 53.2 Å². The molecule has 1 fully saturated rings. The molecular weight excluding hydrogens is 1160 g/mol. The minimum absolute atomic E-state index is 0.0206. The highest BCUT2D eigenvalue weighted by Gasteiger charge is 2.33. The topological polar surface area (TPSA) is 387 Å². The fourth-order valence-corrected chi connectivity index (χ4v) is 10.3. The van der Waals surface area contributed by atoms with Gasteiger partial charge in [-0.25, -0.2) is 4.79 Å². The van der Waals surface area contributed by atoms with Crippen LogP contribution in [0.1, 0.15) is 185 Å². The van der Waals surface area contributed by atoms with Gasteiger partial charge >= 0.3 is 11.9 Å². The van der Waals surface area contributed by atoms with Gasteiger partial charge < -0.3 is 83.0 Å². The van der Waals surface area contributed by atoms with Crippen LogP contribution in [0, 0.1) is 18.8 Å². The lowest BCUT2D eigenvalue weighted by molar-refractivity contribution is -0.147. The Kier molecular flexibility index (Phi) is 46.4. The van der Waals surface area contributed by atoms with E-state index in [0.29, 0.717) is 70.9 Å². The molecule has 6 amide bonds. The SMILES string of the molecule is Cc1ccc(C[C@H](NCCC(=O)[C@H](CCCCNC(=O)COCCOCCNC(=O)COCCOCCNC(=O)[C@H](NC(=O)[C@H]2CC[C@H](CNC(=O)CCCCCCCCCCCCCCCCCCC(=O)O)CC2)C(=O)O)NCC(O)[C@H](C)N)C(N)=O)cc1. The summed E-state index contributed by atoms with van der Waals surface area (Å²) in [6.07, 6.45) is 23.1. The third kappa shape index (κ3) is 42.4. The van der Waals surface area contributed by atoms with Crippen LogP contribution in [-0.4, -0.2) is 191 Å². The Labute approximate surface area is 534 Å². The third-order valence-electron chi connectivity index (χ3n) is 15.9. The first kappa shape index (κ1) is 80.4. The number of rotatable bonds is 58. The number of carbonyl (C=O) groups excluding carboxylic acids is 7. The van der Waals surface area contributed by atoms with Gasteiger partial charge in [-0.3, -0.25) is 38.4 Å². The zero-order chi connectivity index (χ0) is 66.0. The number of aliphatic hydroxyl groups excluding tert-OH is 1. The maximum Gasteiger partial charge on any atom is 0.336 e. The van der Waals surface area contributed by atoms with Gasteiger partial charge in [0.2, 0.25) is 35.6 Å². The molecule has 14 N–H and O–H groups in total. The van der Waals surface area contributed by atoms with Crippen LogP contribution in [-0.2, 0) is 68.5 Å². The number of primary amides is 1. The average molecular weight is 1280 g/mol. The fourth-order valence-electron chi connectivity index (χ4n) is 10.3. The zero-order valence-corrected chi connectivity index (χ0v) is 54.1. The van der Waals surface area contributed by atoms with Gasteiger partial charge in [0, 0.05) is 70.5 Å². The molecule has 514 valence electrons. The summed E-state index contributed by atoms with van der Waals surface area (Å²) in [6, 6.07) is 4.33. The van der Waals surface area contributed by atoms with Crippen molar-refractivity contribution in [3.63, 3.8) is 0 Å². The lowest BCUT2D eigenvalue weighted by Gasteiger charge is -2.28. The van der Waals surface area contributed by atoms with Crippen molar-refractivity contribution in [1.29, 1.82) is 0 Å². The number of nitrogens with one attached hydrogen (secondary N) is 7. The number of nitrogens with two attached hydrogens (primary N) is 2. The molecular formula is C65H113N9O16. The first-order valence-electron chi connectivity index (χ1n) is 33.3. The number of amides is 6. The van der Waals surface area contributed by atoms with E-state index in [2.05, 4.69) is 37.2 Å². The van der Waals surface area contributed by atoms with Crippen LogP contribution in [0.3, 0.4) is 0 Å². The first-order chi connectivity index (χ1) is 43.4. The van der Waals surface area contributed by atoms with Crippen molar-refractivity contribution in [2.45, 2.75) is 217 Å². The minimum atomic E-state index is -1.77. The van der Waals surface area contributed by atoms with Crippen molar-refractivity contribution in [2.75, 3.05) is 92.1 Å². The van der Waals surface area contributed by atoms with Crippen LogP contribution in [0.25, 0.3) is 0 Å². The summed E-state index contributed by atoms with van der Waals surface area (Å²) in [7, 11) is 0. The molecule has 0 aliphatic heterocycles. The summed E-state index contributed by atoms with van der Waals surface area (Å²) in [6.45, 7) is 5.45. The Bertz CT molecular complexity index is 2170. The van der Waals surface area contributed by atoms with Crippen molar-refractivity contribution in [3.05, 3.63) is 35.4 Å². The lowest BCUT2D eigenvalue weighted by atomic mass is 9.81. The van der Waals surface area contributed by atoms with Gasteiger partial charge in [0.15, 0.2) is 5.78 Å². The molecule has 0 radical (unpaired) electrons. The number of Topliss-reactive ketones (excluding diaryl/α,β-unsaturated/α-hetero) is 1. The molecule has 25 heteroatoms. The fraction of sp³-hybridized carbons (Fsp3) is 0.769. The normalized spacial score (nSPS) is 15.6. The van der Waals surface area contributed by atoms with Gasteiger partial charge in [-0.15, -0.1) is 0 Å². The van der Waals surface area contributed by atoms with E-state index >= 15 is 0 Å². The van der Waals surface area contributed by atoms with Crippen LogP contribution < -0.4 is 48.7 Å². The number of aliphatic hydroxyl groups is 1. The molecule has 25 nitrogen and oxygen atoms in total. The second-order valence-electron chi connectivity index (χ2n) is 23.9. The van der Waals surface area contributed by atoms with Gasteiger partial charge in [-0.2, -0.15) is 0 Å². The van der Waals surface area contributed by atoms with Crippen molar-refractivity contribution < 1.29 is 77.4 Å². The second kappa shape index (κ2) is 51.9. The maximum absolute atomic E-state index is 13.2. The standard InChI is InChI=1S/C65H113N9O16/c1-48-24-26-50(27-25-48)43-54(62(67)82)68-34-32-55(75)53(72-45-56(76)49(2)66)21-19-20-33-69-58(78)46-89-41-39-87-37-35-70-59(79)47-90-42-40-88-38-36-71-64(84)61(65(85)86)74-63(83)52-30-28-51(29-31-52)44-73-57(77)22-17-15-13-11-9-7-5-3-4-6-8-10-12-14-16-18-23-60(80)81/h24-27,49,51-54,56,61,68,72,76H,3-23,28-47,66H2,1-2H3,(H2,67,82)(H,69,78)(H,70,79)(H,71,84)(H,73,77)(H,74,83)(H,80,81)(H,85,86)/t49-,51-,52-,53-,54-,56?,61-/m0/s1. The summed E-state index contributed by atoms with van der Waals surface area (Å²) >= 11 is 0. The number of carboxylic acids is 2. The predicted octanol–water partition coefficient (Wildman–Crippen LogP) is 3.79. The quantitative estimate of drug-likeness (QED) is 0.0326. The molecule has 0 aromatic heterocycles. The smallest absolute Gasteiger partial charge is 0.336 e. The summed E-state index contributed by atoms with van der Waals surface area (Å²) < 4.78 is 21.6. The van der Waals surface area contributed by atoms with Crippen molar-refractivity contribution in [3.8, 4) is 0 Å². The highest BCUT2D eigenvalue weighted by atomic mass is 16.5. The van der Waals surface area contributed by atoms with Crippen LogP contribution in [0.15, 0.2) is 24.3 Å². The van der Waals surface area contributed by atoms with E-state index in [9.17, 15) is 53.4 Å². The van der Waals surface area contributed by atoms with E-state index in [-0.39, 0.29) is 121 Å². The molecule has 1 aliphatic rings. The van der Waals surface area contributed by atoms with E-state index in [4.69, 9.17) is 35.5 Å². The zero-order valence-electron chi connectivity index (χ0n) is 54.1. The number of hydrogen-bond acceptors (Lipinski definition) is 17. The number of benzene rings is 1. The van der Waals surface area contributed by atoms with Crippen LogP contribution >= 0.6 is 0 Å². The van der Waals surface area contributed by atoms with Crippen LogP contribution in [0.2, 0.25) is 0 Å². The van der Waals surface area contributed by atoms with Crippen LogP contribution in [0.4, 0.5) is 0 Å². The number of ketones is 1. The number of hydrogen-bond donors (Lipinski definition) is 12. The Morgan fingerprint density at radius 3 is 1.59 bits per heavy atom. The number of aliphatic carboxylic acids is 2. The second-order valence-corrected chi connectivity index (χ2v) is 23.9. The van der Waals surface area contributed by atoms with Gasteiger partial charge in [0.05, 0.1) is 57.8 Å². The average Bonchev–Trinajstić information content (AvgIpc) is 2.16. The van der Waals surface area contributed by atoms with E-state index in [0.717, 1.165) is 49.7 Å². The Balaban J connectivity index is 1.43. The van der Waals surface area contributed by atoms with E-state index in [1.54, 1.807) is 6.92 Å². The molecule has 1 aliphatic carbocycles. The third-order valence-corrected chi connectivity index (χ3v) is 15.9. The highest BCUT2D eigenvalue weighted by molar-refractivity contribution is 6.04. The molecule has 1 aromatic carbocycles. The summed E-state index contributed by atoms with van der Waals surface area (Å²) in [4.78, 5) is 111. The summed E-state index contributed by atoms with van der Waals surface area (Å²) in [5.74, 6) is -5.02. The minimum Gasteiger partial charge on any atom is -0.481 e. The van der Waals surface area contributed by atoms with Gasteiger partial charge in [-0.1, -0.05) is 120 Å². The maximum atomic E-state index is 13.2. The molecule has 1 saturated carbocycles. The molecule has 0 bridgehead atoms. The highest BCUT2D eigenvalue weighted by Crippen LogP contribution is 2.29. The predicted molar refractivity (Wildman–Crippen MR) is 342 cm³/mol. The summed E-state index contributed by atoms with van der Waals surface area (Å²) in [5.41, 5.74) is 13.5. The Morgan fingerprint density at radius 2 is 1.07 bits per heavy atom. The van der Waals surface area contributed by atoms with Crippen molar-refractivity contribution in [2.24, 2.45) is 23.3 Å². The lowest BCUT2D eigenvalue weighted by Crippen LogP contribution is -2.53. The number of carboxylic acid groups (broad SMARTS) is 2. The van der Waals surface area contributed by atoms with E-state index in [1.807, 2.05) is 31.2 Å². The number of unbranched alkanes of at least 4 members (excludes halogenated alkanes) is 16. The Hall–Kier alpha value is -5.67. The molecule has 2 rings (SSSR count). The molecule has 5 atom stereocenters. The van der Waals surface area contributed by atoms with Gasteiger partial charge in [-0.05, 0) is 89.5 Å². The van der Waals surface area contributed by atoms with Crippen molar-refractivity contribution in [1.82, 2.24) is 37.2 Å². The molecule has 0 saturated heterocycles. The summed E-state index contributed by atoms with van der Waals surface area (Å²) in [5, 5.41) is 48.2. The molecule has 0 spiro atoms. The van der Waals surface area contributed by atoms with E-state index in [1.165, 1.54) is 64.2 Å². The number of aryl methyl sites for hydroxylation is 1. The molecule has 1 unspecified atom stereocenters. The Morgan fingerprint density at radius 1 is 0.556 bits per heavy atom. The van der Waals surface area contributed by atoms with Gasteiger partial charge in [0.1, 0.15) is 13.2 Å². The monoisotopic (exact) mass is 1280 g/mol. The van der Waals surface area contributed by atoms with Gasteiger partial charge in [0.25, 0.3) is 5.91 Å². The molecule has 1 aromatic rings. The molecule has 0 heterocycles. The largest absolute Gasteiger partial charge is 0.481 e. The van der Waals surface area contributed by atoms with E-state index < -0.39 is 65.8 Å². The molecule has 90 heavy (non-hydrogen) atoms. The van der Waals surface area contributed by atoms with Crippen LogP contribution in [0.5, 0.6) is 0 Å². The number of carbonyl (C=O) groups is 9.